The van der Waals surface area contributed by atoms with E-state index in [1.807, 2.05) is 0 Å². The maximum Gasteiger partial charge on any atom is 0.471 e. The van der Waals surface area contributed by atoms with Crippen molar-refractivity contribution in [3.8, 4) is 0 Å². The van der Waals surface area contributed by atoms with Gasteiger partial charge in [-0.1, -0.05) is 11.6 Å². The third-order valence-corrected chi connectivity index (χ3v) is 5.64. The van der Waals surface area contributed by atoms with Gasteiger partial charge >= 0.3 is 12.1 Å². The summed E-state index contributed by atoms with van der Waals surface area (Å²) in [6, 6.07) is 1.45. The largest absolute Gasteiger partial charge is 0.471 e. The molecule has 13 heteroatoms. The van der Waals surface area contributed by atoms with Crippen LogP contribution in [0, 0.1) is 5.92 Å². The second-order valence-electron chi connectivity index (χ2n) is 8.36. The lowest BCUT2D eigenvalue weighted by Crippen LogP contribution is -2.49. The lowest BCUT2D eigenvalue weighted by Gasteiger charge is -2.21. The summed E-state index contributed by atoms with van der Waals surface area (Å²) in [5, 5.41) is 9.10. The first-order chi connectivity index (χ1) is 15.8. The van der Waals surface area contributed by atoms with E-state index in [1.54, 1.807) is 12.2 Å². The number of carbonyl (C=O) groups is 5. The van der Waals surface area contributed by atoms with Crippen LogP contribution >= 0.6 is 11.6 Å². The number of benzene rings is 1. The molecule has 1 saturated heterocycles. The first-order valence-corrected chi connectivity index (χ1v) is 10.9. The van der Waals surface area contributed by atoms with E-state index in [1.165, 1.54) is 6.07 Å². The fourth-order valence-corrected chi connectivity index (χ4v) is 3.73. The number of amides is 4. The smallest absolute Gasteiger partial charge is 0.353 e. The van der Waals surface area contributed by atoms with E-state index < -0.39 is 52.9 Å². The fourth-order valence-electron chi connectivity index (χ4n) is 3.56. The van der Waals surface area contributed by atoms with Crippen molar-refractivity contribution in [2.75, 3.05) is 5.32 Å². The Morgan fingerprint density at radius 3 is 2.44 bits per heavy atom. The van der Waals surface area contributed by atoms with Gasteiger partial charge in [-0.2, -0.15) is 13.2 Å². The summed E-state index contributed by atoms with van der Waals surface area (Å²) in [6.07, 6.45) is -3.61. The van der Waals surface area contributed by atoms with Crippen LogP contribution in [0.4, 0.5) is 18.9 Å². The first-order valence-electron chi connectivity index (χ1n) is 10.5. The van der Waals surface area contributed by atoms with Crippen molar-refractivity contribution >= 4 is 46.7 Å². The van der Waals surface area contributed by atoms with Crippen molar-refractivity contribution in [2.45, 2.75) is 56.9 Å². The molecule has 9 nitrogen and oxygen atoms in total. The van der Waals surface area contributed by atoms with E-state index in [4.69, 9.17) is 11.6 Å². The third kappa shape index (κ3) is 6.46. The van der Waals surface area contributed by atoms with E-state index in [0.29, 0.717) is 19.3 Å². The van der Waals surface area contributed by atoms with Crippen molar-refractivity contribution in [1.82, 2.24) is 16.0 Å². The second-order valence-corrected chi connectivity index (χ2v) is 8.79. The summed E-state index contributed by atoms with van der Waals surface area (Å²) in [4.78, 5) is 61.6. The maximum absolute atomic E-state index is 13.0. The molecule has 34 heavy (non-hydrogen) atoms. The Morgan fingerprint density at radius 1 is 1.21 bits per heavy atom. The maximum atomic E-state index is 13.0. The van der Waals surface area contributed by atoms with Crippen molar-refractivity contribution in [3.63, 3.8) is 0 Å². The quantitative estimate of drug-likeness (QED) is 0.402. The molecular formula is C21H22ClF3N4O5. The van der Waals surface area contributed by atoms with Gasteiger partial charge in [-0.15, -0.1) is 0 Å². The highest BCUT2D eigenvalue weighted by Crippen LogP contribution is 2.26. The molecule has 4 N–H and O–H groups in total. The number of rotatable bonds is 8. The van der Waals surface area contributed by atoms with Gasteiger partial charge in [-0.3, -0.25) is 24.0 Å². The molecule has 184 valence electrons. The molecule has 1 saturated carbocycles. The lowest BCUT2D eigenvalue weighted by molar-refractivity contribution is -0.167. The summed E-state index contributed by atoms with van der Waals surface area (Å²) in [7, 11) is 0. The van der Waals surface area contributed by atoms with Gasteiger partial charge in [0, 0.05) is 23.0 Å². The van der Waals surface area contributed by atoms with Crippen LogP contribution in [0.15, 0.2) is 18.2 Å². The third-order valence-electron chi connectivity index (χ3n) is 5.41. The van der Waals surface area contributed by atoms with E-state index >= 15 is 0 Å². The zero-order valence-electron chi connectivity index (χ0n) is 17.9. The monoisotopic (exact) mass is 502 g/mol. The van der Waals surface area contributed by atoms with Gasteiger partial charge in [0.15, 0.2) is 0 Å². The molecule has 0 aromatic heterocycles. The zero-order valence-corrected chi connectivity index (χ0v) is 18.7. The normalized spacial score (nSPS) is 20.8. The van der Waals surface area contributed by atoms with Crippen LogP contribution in [0.5, 0.6) is 0 Å². The Morgan fingerprint density at radius 2 is 1.88 bits per heavy atom. The number of carbonyl (C=O) groups excluding carboxylic acids is 5. The summed E-state index contributed by atoms with van der Waals surface area (Å²) < 4.78 is 38.1. The molecule has 3 atom stereocenters. The number of hydrogen-bond acceptors (Lipinski definition) is 5. The Balaban J connectivity index is 1.83. The Bertz CT molecular complexity index is 1030. The van der Waals surface area contributed by atoms with E-state index in [9.17, 15) is 37.1 Å². The molecule has 1 aliphatic heterocycles. The molecule has 0 bridgehead atoms. The van der Waals surface area contributed by atoms with Crippen LogP contribution in [0.1, 0.15) is 43.0 Å². The van der Waals surface area contributed by atoms with Gasteiger partial charge in [-0.05, 0) is 50.8 Å². The van der Waals surface area contributed by atoms with Crippen molar-refractivity contribution in [2.24, 2.45) is 5.92 Å². The fraction of sp³-hybridized carbons (Fsp3) is 0.476. The highest BCUT2D eigenvalue weighted by molar-refractivity contribution is 6.38. The van der Waals surface area contributed by atoms with Crippen molar-refractivity contribution in [1.29, 1.82) is 0 Å². The molecule has 3 rings (SSSR count). The molecule has 1 heterocycles. The van der Waals surface area contributed by atoms with Gasteiger partial charge in [0.05, 0.1) is 17.3 Å². The van der Waals surface area contributed by atoms with Gasteiger partial charge in [-0.25, -0.2) is 0 Å². The molecule has 2 aliphatic rings. The average Bonchev–Trinajstić information content (AvgIpc) is 3.50. The minimum absolute atomic E-state index is 0.0199. The summed E-state index contributed by atoms with van der Waals surface area (Å²) in [6.45, 7) is 1.76. The molecule has 0 radical (unpaired) electrons. The lowest BCUT2D eigenvalue weighted by atomic mass is 9.93. The van der Waals surface area contributed by atoms with E-state index in [0.717, 1.165) is 12.1 Å². The molecule has 1 aromatic carbocycles. The standard InChI is InChI=1S/C21H22ClF3N4O5/c1-9-6-10(17(31)26-9)7-15(16(30)19(33)27-12-3-4-12)28-18(32)13-8-11(22)2-5-14(13)29-20(34)21(23,24)25/h2,5,8-10,12,15H,3-4,6-7H2,1H3,(H,26,31)(H,27,33)(H,28,32)(H,29,34)/t9-,10+,15?/m1/s1. The number of anilines is 1. The molecule has 1 unspecified atom stereocenters. The van der Waals surface area contributed by atoms with Gasteiger partial charge in [0.2, 0.25) is 11.7 Å². The molecule has 1 aromatic rings. The van der Waals surface area contributed by atoms with E-state index in [-0.39, 0.29) is 29.4 Å². The minimum Gasteiger partial charge on any atom is -0.353 e. The number of nitrogens with one attached hydrogen (secondary N) is 4. The molecule has 1 aliphatic carbocycles. The predicted octanol–water partition coefficient (Wildman–Crippen LogP) is 1.70. The van der Waals surface area contributed by atoms with Crippen LogP contribution in [-0.4, -0.2) is 53.7 Å². The van der Waals surface area contributed by atoms with Crippen molar-refractivity contribution in [3.05, 3.63) is 28.8 Å². The summed E-state index contributed by atoms with van der Waals surface area (Å²) in [5.41, 5.74) is -0.945. The van der Waals surface area contributed by atoms with Crippen LogP contribution < -0.4 is 21.3 Å². The number of alkyl halides is 3. The Hall–Kier alpha value is -3.15. The number of hydrogen-bond donors (Lipinski definition) is 4. The average molecular weight is 503 g/mol. The number of Topliss-reactive ketones (excluding diaryl/α,β-unsaturated/α-hetero) is 1. The van der Waals surface area contributed by atoms with Gasteiger partial charge in [0.25, 0.3) is 11.8 Å². The summed E-state index contributed by atoms with van der Waals surface area (Å²) in [5.74, 6) is -6.29. The SMILES string of the molecule is C[C@@H]1C[C@@H](CC(NC(=O)c2cc(Cl)ccc2NC(=O)C(F)(F)F)C(=O)C(=O)NC2CC2)C(=O)N1. The Kier molecular flexibility index (Phi) is 7.49. The van der Waals surface area contributed by atoms with Gasteiger partial charge in [0.1, 0.15) is 0 Å². The second kappa shape index (κ2) is 10.00. The summed E-state index contributed by atoms with van der Waals surface area (Å²) >= 11 is 5.87. The van der Waals surface area contributed by atoms with Gasteiger partial charge < -0.3 is 21.3 Å². The van der Waals surface area contributed by atoms with Crippen molar-refractivity contribution < 1.29 is 37.1 Å². The minimum atomic E-state index is -5.21. The van der Waals surface area contributed by atoms with Crippen LogP contribution in [0.3, 0.4) is 0 Å². The van der Waals surface area contributed by atoms with Crippen LogP contribution in [0.25, 0.3) is 0 Å². The molecule has 2 fully saturated rings. The molecular weight excluding hydrogens is 481 g/mol. The predicted molar refractivity (Wildman–Crippen MR) is 114 cm³/mol. The number of ketones is 1. The zero-order chi connectivity index (χ0) is 25.2. The molecule has 0 spiro atoms. The molecule has 4 amide bonds. The Labute approximate surface area is 197 Å². The topological polar surface area (TPSA) is 133 Å². The first kappa shape index (κ1) is 25.5. The van der Waals surface area contributed by atoms with Crippen LogP contribution in [0.2, 0.25) is 5.02 Å². The highest BCUT2D eigenvalue weighted by Gasteiger charge is 2.40. The number of halogens is 4. The highest BCUT2D eigenvalue weighted by atomic mass is 35.5. The van der Waals surface area contributed by atoms with Crippen LogP contribution in [-0.2, 0) is 19.2 Å². The van der Waals surface area contributed by atoms with E-state index in [2.05, 4.69) is 16.0 Å².